The van der Waals surface area contributed by atoms with E-state index in [1.54, 1.807) is 42.5 Å². The average molecular weight is 416 g/mol. The summed E-state index contributed by atoms with van der Waals surface area (Å²) in [5, 5.41) is 6.87. The van der Waals surface area contributed by atoms with E-state index in [0.717, 1.165) is 5.56 Å². The van der Waals surface area contributed by atoms with Crippen LogP contribution in [0.3, 0.4) is 0 Å². The fraction of sp³-hybridized carbons (Fsp3) is 0.143. The number of amides is 1. The molecule has 0 radical (unpaired) electrons. The Balaban J connectivity index is 1.77. The minimum absolute atomic E-state index is 0.106. The summed E-state index contributed by atoms with van der Waals surface area (Å²) >= 11 is 7.61. The van der Waals surface area contributed by atoms with Crippen molar-refractivity contribution in [2.45, 2.75) is 12.5 Å². The van der Waals surface area contributed by atoms with Gasteiger partial charge in [-0.05, 0) is 40.6 Å². The van der Waals surface area contributed by atoms with Crippen LogP contribution in [0.5, 0.6) is 5.75 Å². The maximum absolute atomic E-state index is 12.9. The van der Waals surface area contributed by atoms with Gasteiger partial charge in [-0.25, -0.2) is 0 Å². The van der Waals surface area contributed by atoms with Gasteiger partial charge in [-0.15, -0.1) is 0 Å². The highest BCUT2D eigenvalue weighted by atomic mass is 35.5. The SMILES string of the molecule is COc1ccc(NC(=O)C(OC(=O)Cc2ccsc2)c2ccccc2)cc1Cl. The molecule has 0 bridgehead atoms. The number of carbonyl (C=O) groups excluding carboxylic acids is 2. The molecule has 0 aliphatic carbocycles. The molecule has 0 fully saturated rings. The maximum Gasteiger partial charge on any atom is 0.311 e. The van der Waals surface area contributed by atoms with Crippen LogP contribution in [0.2, 0.25) is 5.02 Å². The van der Waals surface area contributed by atoms with Gasteiger partial charge in [0.15, 0.2) is 0 Å². The van der Waals surface area contributed by atoms with Crippen molar-refractivity contribution in [2.24, 2.45) is 0 Å². The Labute approximate surface area is 171 Å². The molecule has 1 amide bonds. The van der Waals surface area contributed by atoms with Crippen molar-refractivity contribution in [1.82, 2.24) is 0 Å². The number of hydrogen-bond donors (Lipinski definition) is 1. The molecule has 0 saturated carbocycles. The van der Waals surface area contributed by atoms with Crippen LogP contribution in [-0.4, -0.2) is 19.0 Å². The number of anilines is 1. The van der Waals surface area contributed by atoms with Gasteiger partial charge >= 0.3 is 5.97 Å². The molecule has 1 heterocycles. The van der Waals surface area contributed by atoms with Gasteiger partial charge in [0.1, 0.15) is 5.75 Å². The molecule has 0 saturated heterocycles. The molecule has 28 heavy (non-hydrogen) atoms. The van der Waals surface area contributed by atoms with Crippen molar-refractivity contribution >= 4 is 40.5 Å². The van der Waals surface area contributed by atoms with Crippen LogP contribution < -0.4 is 10.1 Å². The molecule has 0 aliphatic heterocycles. The average Bonchev–Trinajstić information content (AvgIpc) is 3.20. The summed E-state index contributed by atoms with van der Waals surface area (Å²) in [4.78, 5) is 25.2. The molecule has 3 aromatic rings. The molecule has 7 heteroatoms. The lowest BCUT2D eigenvalue weighted by atomic mass is 10.1. The van der Waals surface area contributed by atoms with Crippen LogP contribution >= 0.6 is 22.9 Å². The smallest absolute Gasteiger partial charge is 0.311 e. The maximum atomic E-state index is 12.9. The van der Waals surface area contributed by atoms with Gasteiger partial charge in [-0.3, -0.25) is 9.59 Å². The lowest BCUT2D eigenvalue weighted by Crippen LogP contribution is -2.26. The number of methoxy groups -OCH3 is 1. The Kier molecular flexibility index (Phi) is 6.68. The summed E-state index contributed by atoms with van der Waals surface area (Å²) in [6.45, 7) is 0. The predicted molar refractivity (Wildman–Crippen MR) is 110 cm³/mol. The minimum atomic E-state index is -1.08. The van der Waals surface area contributed by atoms with Crippen LogP contribution in [0.4, 0.5) is 5.69 Å². The lowest BCUT2D eigenvalue weighted by molar-refractivity contribution is -0.154. The first-order valence-corrected chi connectivity index (χ1v) is 9.79. The van der Waals surface area contributed by atoms with Gasteiger partial charge in [-0.2, -0.15) is 11.3 Å². The number of thiophene rings is 1. The Morgan fingerprint density at radius 2 is 1.93 bits per heavy atom. The monoisotopic (exact) mass is 415 g/mol. The molecule has 2 aromatic carbocycles. The van der Waals surface area contributed by atoms with E-state index in [1.165, 1.54) is 18.4 Å². The van der Waals surface area contributed by atoms with Crippen LogP contribution in [0.15, 0.2) is 65.4 Å². The summed E-state index contributed by atoms with van der Waals surface area (Å²) < 4.78 is 10.6. The fourth-order valence-electron chi connectivity index (χ4n) is 2.59. The third-order valence-corrected chi connectivity index (χ3v) is 4.97. The van der Waals surface area contributed by atoms with Gasteiger partial charge in [0, 0.05) is 11.3 Å². The van der Waals surface area contributed by atoms with Crippen LogP contribution in [-0.2, 0) is 20.7 Å². The van der Waals surface area contributed by atoms with E-state index in [0.29, 0.717) is 22.0 Å². The topological polar surface area (TPSA) is 64.6 Å². The predicted octanol–water partition coefficient (Wildman–Crippen LogP) is 4.88. The molecule has 0 aliphatic rings. The van der Waals surface area contributed by atoms with Gasteiger partial charge < -0.3 is 14.8 Å². The second-order valence-corrected chi connectivity index (χ2v) is 7.11. The van der Waals surface area contributed by atoms with Crippen molar-refractivity contribution in [1.29, 1.82) is 0 Å². The molecule has 0 spiro atoms. The largest absolute Gasteiger partial charge is 0.495 e. The summed E-state index contributed by atoms with van der Waals surface area (Å²) in [7, 11) is 1.51. The van der Waals surface area contributed by atoms with Crippen molar-refractivity contribution in [3.05, 3.63) is 81.5 Å². The highest BCUT2D eigenvalue weighted by Gasteiger charge is 2.25. The summed E-state index contributed by atoms with van der Waals surface area (Å²) in [5.41, 5.74) is 1.91. The van der Waals surface area contributed by atoms with Gasteiger partial charge in [0.2, 0.25) is 6.10 Å². The number of rotatable bonds is 7. The van der Waals surface area contributed by atoms with E-state index in [4.69, 9.17) is 21.1 Å². The highest BCUT2D eigenvalue weighted by molar-refractivity contribution is 7.08. The zero-order valence-electron chi connectivity index (χ0n) is 15.1. The third-order valence-electron chi connectivity index (χ3n) is 3.94. The first kappa shape index (κ1) is 19.9. The number of ether oxygens (including phenoxy) is 2. The summed E-state index contributed by atoms with van der Waals surface area (Å²) in [5.74, 6) is -0.442. The molecule has 1 atom stereocenters. The standard InChI is InChI=1S/C21H18ClNO4S/c1-26-18-8-7-16(12-17(18)22)23-21(25)20(15-5-3-2-4-6-15)27-19(24)11-14-9-10-28-13-14/h2-10,12-13,20H,11H2,1H3,(H,23,25). The number of hydrogen-bond acceptors (Lipinski definition) is 5. The zero-order valence-corrected chi connectivity index (χ0v) is 16.6. The molecule has 144 valence electrons. The quantitative estimate of drug-likeness (QED) is 0.559. The Morgan fingerprint density at radius 1 is 1.14 bits per heavy atom. The number of carbonyl (C=O) groups is 2. The first-order valence-electron chi connectivity index (χ1n) is 8.46. The van der Waals surface area contributed by atoms with Gasteiger partial charge in [-0.1, -0.05) is 41.9 Å². The number of benzene rings is 2. The van der Waals surface area contributed by atoms with Crippen molar-refractivity contribution < 1.29 is 19.1 Å². The second-order valence-electron chi connectivity index (χ2n) is 5.93. The number of esters is 1. The Morgan fingerprint density at radius 3 is 2.57 bits per heavy atom. The van der Waals surface area contributed by atoms with E-state index in [1.807, 2.05) is 22.9 Å². The van der Waals surface area contributed by atoms with Crippen molar-refractivity contribution in [2.75, 3.05) is 12.4 Å². The van der Waals surface area contributed by atoms with E-state index >= 15 is 0 Å². The molecule has 1 aromatic heterocycles. The molecule has 3 rings (SSSR count). The van der Waals surface area contributed by atoms with E-state index in [-0.39, 0.29) is 6.42 Å². The molecular weight excluding hydrogens is 398 g/mol. The number of nitrogens with one attached hydrogen (secondary N) is 1. The number of halogens is 1. The first-order chi connectivity index (χ1) is 13.6. The fourth-order valence-corrected chi connectivity index (χ4v) is 3.51. The summed E-state index contributed by atoms with van der Waals surface area (Å²) in [6, 6.07) is 15.6. The van der Waals surface area contributed by atoms with E-state index < -0.39 is 18.0 Å². The zero-order chi connectivity index (χ0) is 19.9. The molecule has 5 nitrogen and oxygen atoms in total. The normalized spacial score (nSPS) is 11.5. The van der Waals surface area contributed by atoms with E-state index in [9.17, 15) is 9.59 Å². The molecular formula is C21H18ClNO4S. The lowest BCUT2D eigenvalue weighted by Gasteiger charge is -2.18. The summed E-state index contributed by atoms with van der Waals surface area (Å²) in [6.07, 6.45) is -0.970. The highest BCUT2D eigenvalue weighted by Crippen LogP contribution is 2.28. The van der Waals surface area contributed by atoms with Crippen molar-refractivity contribution in [3.8, 4) is 5.75 Å². The van der Waals surface area contributed by atoms with Crippen LogP contribution in [0, 0.1) is 0 Å². The Bertz CT molecular complexity index is 944. The van der Waals surface area contributed by atoms with Gasteiger partial charge in [0.25, 0.3) is 5.91 Å². The third kappa shape index (κ3) is 5.12. The Hall–Kier alpha value is -2.83. The van der Waals surface area contributed by atoms with E-state index in [2.05, 4.69) is 5.32 Å². The molecule has 1 unspecified atom stereocenters. The molecule has 1 N–H and O–H groups in total. The second kappa shape index (κ2) is 9.39. The van der Waals surface area contributed by atoms with Crippen LogP contribution in [0.1, 0.15) is 17.2 Å². The van der Waals surface area contributed by atoms with Crippen molar-refractivity contribution in [3.63, 3.8) is 0 Å². The van der Waals surface area contributed by atoms with Gasteiger partial charge in [0.05, 0.1) is 18.6 Å². The minimum Gasteiger partial charge on any atom is -0.495 e. The van der Waals surface area contributed by atoms with Crippen LogP contribution in [0.25, 0.3) is 0 Å².